The van der Waals surface area contributed by atoms with Gasteiger partial charge < -0.3 is 4.90 Å². The van der Waals surface area contributed by atoms with Crippen molar-refractivity contribution in [3.63, 3.8) is 0 Å². The summed E-state index contributed by atoms with van der Waals surface area (Å²) in [5, 5.41) is 11.1. The van der Waals surface area contributed by atoms with Gasteiger partial charge >= 0.3 is 0 Å². The van der Waals surface area contributed by atoms with Crippen LogP contribution < -0.4 is 4.90 Å². The highest BCUT2D eigenvalue weighted by Crippen LogP contribution is 2.26. The molecule has 1 aliphatic rings. The monoisotopic (exact) mass is 256 g/mol. The summed E-state index contributed by atoms with van der Waals surface area (Å²) in [6.07, 6.45) is 2.35. The first-order chi connectivity index (χ1) is 8.86. The van der Waals surface area contributed by atoms with Crippen LogP contribution in [0.2, 0.25) is 0 Å². The number of hydrogen-bond donors (Lipinski definition) is 0. The smallest absolute Gasteiger partial charge is 0.227 e. The Morgan fingerprint density at radius 1 is 1.28 bits per heavy atom. The van der Waals surface area contributed by atoms with Gasteiger partial charge in [0.25, 0.3) is 0 Å². The van der Waals surface area contributed by atoms with E-state index in [0.717, 1.165) is 23.7 Å². The molecule has 0 saturated carbocycles. The normalized spacial score (nSPS) is 14.7. The summed E-state index contributed by atoms with van der Waals surface area (Å²) in [4.78, 5) is 12.1. The molecule has 2 aromatic rings. The maximum Gasteiger partial charge on any atom is 0.227 e. The van der Waals surface area contributed by atoms with E-state index < -0.39 is 0 Å². The highest BCUT2D eigenvalue weighted by atomic mass is 32.1. The van der Waals surface area contributed by atoms with Crippen molar-refractivity contribution in [2.75, 3.05) is 18.0 Å². The average Bonchev–Trinajstić information content (AvgIpc) is 3.10. The van der Waals surface area contributed by atoms with E-state index in [-0.39, 0.29) is 0 Å². The minimum absolute atomic E-state index is 0.440. The minimum atomic E-state index is 0.440. The van der Waals surface area contributed by atoms with Crippen LogP contribution in [0.4, 0.5) is 5.95 Å². The number of hydrogen-bond acceptors (Lipinski definition) is 5. The Balaban J connectivity index is 2.04. The summed E-state index contributed by atoms with van der Waals surface area (Å²) in [6, 6.07) is 7.88. The lowest BCUT2D eigenvalue weighted by Crippen LogP contribution is -2.20. The maximum atomic E-state index is 9.07. The van der Waals surface area contributed by atoms with Gasteiger partial charge in [-0.15, -0.1) is 11.3 Å². The molecule has 5 heteroatoms. The lowest BCUT2D eigenvalue weighted by Gasteiger charge is -2.15. The number of nitrogens with zero attached hydrogens (tertiary/aromatic N) is 4. The van der Waals surface area contributed by atoms with E-state index in [0.29, 0.717) is 11.6 Å². The second-order valence-electron chi connectivity index (χ2n) is 4.22. The van der Waals surface area contributed by atoms with E-state index in [1.54, 1.807) is 17.4 Å². The van der Waals surface area contributed by atoms with Crippen molar-refractivity contribution in [3.8, 4) is 16.6 Å². The summed E-state index contributed by atoms with van der Waals surface area (Å²) in [5.41, 5.74) is 1.29. The number of anilines is 1. The summed E-state index contributed by atoms with van der Waals surface area (Å²) in [6.45, 7) is 1.97. The van der Waals surface area contributed by atoms with Gasteiger partial charge in [-0.2, -0.15) is 5.26 Å². The molecule has 2 aromatic heterocycles. The molecule has 90 valence electrons. The van der Waals surface area contributed by atoms with E-state index in [2.05, 4.69) is 20.9 Å². The molecule has 0 unspecified atom stereocenters. The Labute approximate surface area is 110 Å². The first kappa shape index (κ1) is 11.2. The Hall–Kier alpha value is -1.93. The van der Waals surface area contributed by atoms with Gasteiger partial charge in [-0.3, -0.25) is 0 Å². The standard InChI is InChI=1S/C13H12N4S/c14-9-10-8-11(12-4-3-7-18-12)16-13(15-10)17-5-1-2-6-17/h3-4,7-8H,1-2,5-6H2. The van der Waals surface area contributed by atoms with Gasteiger partial charge in [0, 0.05) is 19.2 Å². The molecule has 0 aromatic carbocycles. The van der Waals surface area contributed by atoms with Gasteiger partial charge in [-0.1, -0.05) is 6.07 Å². The Bertz CT molecular complexity index is 580. The van der Waals surface area contributed by atoms with Crippen molar-refractivity contribution >= 4 is 17.3 Å². The highest BCUT2D eigenvalue weighted by Gasteiger charge is 2.17. The predicted molar refractivity (Wildman–Crippen MR) is 71.5 cm³/mol. The SMILES string of the molecule is N#Cc1cc(-c2cccs2)nc(N2CCCC2)n1. The van der Waals surface area contributed by atoms with Crippen molar-refractivity contribution < 1.29 is 0 Å². The van der Waals surface area contributed by atoms with Crippen LogP contribution in [0.15, 0.2) is 23.6 Å². The number of rotatable bonds is 2. The lowest BCUT2D eigenvalue weighted by atomic mass is 10.3. The first-order valence-corrected chi connectivity index (χ1v) is 6.83. The third-order valence-electron chi connectivity index (χ3n) is 2.99. The van der Waals surface area contributed by atoms with Crippen molar-refractivity contribution in [2.24, 2.45) is 0 Å². The van der Waals surface area contributed by atoms with Crippen LogP contribution in [0.5, 0.6) is 0 Å². The summed E-state index contributed by atoms with van der Waals surface area (Å²) in [5.74, 6) is 0.690. The summed E-state index contributed by atoms with van der Waals surface area (Å²) < 4.78 is 0. The van der Waals surface area contributed by atoms with Crippen molar-refractivity contribution in [1.82, 2.24) is 9.97 Å². The van der Waals surface area contributed by atoms with Crippen LogP contribution in [0.25, 0.3) is 10.6 Å². The third-order valence-corrected chi connectivity index (χ3v) is 3.88. The Morgan fingerprint density at radius 2 is 2.11 bits per heavy atom. The van der Waals surface area contributed by atoms with E-state index >= 15 is 0 Å². The average molecular weight is 256 g/mol. The fourth-order valence-electron chi connectivity index (χ4n) is 2.10. The van der Waals surface area contributed by atoms with Gasteiger partial charge in [-0.25, -0.2) is 9.97 Å². The van der Waals surface area contributed by atoms with Crippen LogP contribution >= 0.6 is 11.3 Å². The second-order valence-corrected chi connectivity index (χ2v) is 5.17. The summed E-state index contributed by atoms with van der Waals surface area (Å²) in [7, 11) is 0. The minimum Gasteiger partial charge on any atom is -0.341 e. The Morgan fingerprint density at radius 3 is 2.78 bits per heavy atom. The van der Waals surface area contributed by atoms with Crippen molar-refractivity contribution in [1.29, 1.82) is 5.26 Å². The van der Waals surface area contributed by atoms with Gasteiger partial charge in [-0.05, 0) is 24.3 Å². The molecule has 1 saturated heterocycles. The molecule has 1 fully saturated rings. The lowest BCUT2D eigenvalue weighted by molar-refractivity contribution is 0.897. The molecule has 3 heterocycles. The summed E-state index contributed by atoms with van der Waals surface area (Å²) >= 11 is 1.63. The van der Waals surface area contributed by atoms with E-state index in [1.165, 1.54) is 12.8 Å². The van der Waals surface area contributed by atoms with E-state index in [4.69, 9.17) is 5.26 Å². The molecule has 18 heavy (non-hydrogen) atoms. The quantitative estimate of drug-likeness (QED) is 0.829. The second kappa shape index (κ2) is 4.75. The zero-order valence-electron chi connectivity index (χ0n) is 9.83. The van der Waals surface area contributed by atoms with Gasteiger partial charge in [0.05, 0.1) is 10.6 Å². The van der Waals surface area contributed by atoms with Gasteiger partial charge in [0.15, 0.2) is 0 Å². The molecule has 0 amide bonds. The van der Waals surface area contributed by atoms with Crippen molar-refractivity contribution in [3.05, 3.63) is 29.3 Å². The maximum absolute atomic E-state index is 9.07. The number of aromatic nitrogens is 2. The fraction of sp³-hybridized carbons (Fsp3) is 0.308. The molecule has 1 aliphatic heterocycles. The first-order valence-electron chi connectivity index (χ1n) is 5.95. The third kappa shape index (κ3) is 2.07. The van der Waals surface area contributed by atoms with Crippen LogP contribution in [-0.4, -0.2) is 23.1 Å². The van der Waals surface area contributed by atoms with Gasteiger partial charge in [0.2, 0.25) is 5.95 Å². The van der Waals surface area contributed by atoms with Crippen LogP contribution in [-0.2, 0) is 0 Å². The van der Waals surface area contributed by atoms with Crippen molar-refractivity contribution in [2.45, 2.75) is 12.8 Å². The molecular weight excluding hydrogens is 244 g/mol. The van der Waals surface area contributed by atoms with Crippen LogP contribution in [0.3, 0.4) is 0 Å². The van der Waals surface area contributed by atoms with E-state index in [1.807, 2.05) is 17.5 Å². The molecular formula is C13H12N4S. The fourth-order valence-corrected chi connectivity index (χ4v) is 2.79. The molecule has 0 aliphatic carbocycles. The zero-order chi connectivity index (χ0) is 12.4. The molecule has 0 spiro atoms. The highest BCUT2D eigenvalue weighted by molar-refractivity contribution is 7.13. The largest absolute Gasteiger partial charge is 0.341 e. The van der Waals surface area contributed by atoms with Gasteiger partial charge in [0.1, 0.15) is 11.8 Å². The predicted octanol–water partition coefficient (Wildman–Crippen LogP) is 2.68. The zero-order valence-corrected chi connectivity index (χ0v) is 10.7. The molecule has 0 radical (unpaired) electrons. The molecule has 0 atom stereocenters. The molecule has 3 rings (SSSR count). The molecule has 0 N–H and O–H groups in total. The Kier molecular flexibility index (Phi) is 2.95. The number of thiophene rings is 1. The topological polar surface area (TPSA) is 52.8 Å². The van der Waals surface area contributed by atoms with E-state index in [9.17, 15) is 0 Å². The van der Waals surface area contributed by atoms with Crippen LogP contribution in [0.1, 0.15) is 18.5 Å². The number of nitriles is 1. The molecule has 0 bridgehead atoms. The van der Waals surface area contributed by atoms with Crippen LogP contribution in [0, 0.1) is 11.3 Å². The molecule has 4 nitrogen and oxygen atoms in total.